The van der Waals surface area contributed by atoms with Gasteiger partial charge < -0.3 is 5.32 Å². The molecule has 0 bridgehead atoms. The number of nitrogens with one attached hydrogen (secondary N) is 1. The van der Waals surface area contributed by atoms with Gasteiger partial charge in [-0.05, 0) is 67.8 Å². The molecule has 0 spiro atoms. The zero-order chi connectivity index (χ0) is 12.0. The van der Waals surface area contributed by atoms with Crippen LogP contribution in [0.4, 0.5) is 0 Å². The molecule has 17 heavy (non-hydrogen) atoms. The van der Waals surface area contributed by atoms with Crippen molar-refractivity contribution >= 4 is 31.9 Å². The summed E-state index contributed by atoms with van der Waals surface area (Å²) >= 11 is 7.26. The highest BCUT2D eigenvalue weighted by molar-refractivity contribution is 9.11. The van der Waals surface area contributed by atoms with E-state index >= 15 is 0 Å². The Hall–Kier alpha value is 0.140. The van der Waals surface area contributed by atoms with Gasteiger partial charge in [0.05, 0.1) is 0 Å². The molecule has 3 unspecified atom stereocenters. The average Bonchev–Trinajstić information content (AvgIpc) is 2.92. The minimum atomic E-state index is 0.495. The quantitative estimate of drug-likeness (QED) is 0.837. The van der Waals surface area contributed by atoms with E-state index in [9.17, 15) is 0 Å². The second-order valence-corrected chi connectivity index (χ2v) is 7.19. The monoisotopic (exact) mass is 357 g/mol. The van der Waals surface area contributed by atoms with E-state index in [1.165, 1.54) is 33.8 Å². The molecule has 92 valence electrons. The van der Waals surface area contributed by atoms with Crippen LogP contribution in [0.2, 0.25) is 0 Å². The van der Waals surface area contributed by atoms with Crippen LogP contribution < -0.4 is 5.32 Å². The average molecular weight is 359 g/mol. The SMILES string of the molecule is CNC(c1cc(Br)ccc1Br)C1CC2CC2C1. The van der Waals surface area contributed by atoms with Crippen LogP contribution in [0.15, 0.2) is 27.1 Å². The zero-order valence-electron chi connectivity index (χ0n) is 9.92. The molecule has 1 nitrogen and oxygen atoms in total. The molecule has 3 atom stereocenters. The minimum absolute atomic E-state index is 0.495. The lowest BCUT2D eigenvalue weighted by atomic mass is 9.89. The standard InChI is InChI=1S/C14H17Br2N/c1-17-14(10-5-8-4-9(8)6-10)12-7-11(15)2-3-13(12)16/h2-3,7-10,14,17H,4-6H2,1H3. The Morgan fingerprint density at radius 3 is 2.53 bits per heavy atom. The zero-order valence-corrected chi connectivity index (χ0v) is 13.1. The van der Waals surface area contributed by atoms with Crippen LogP contribution in [0.3, 0.4) is 0 Å². The fourth-order valence-electron chi connectivity index (χ4n) is 3.43. The smallest absolute Gasteiger partial charge is 0.0358 e. The number of hydrogen-bond donors (Lipinski definition) is 1. The van der Waals surface area contributed by atoms with Gasteiger partial charge in [-0.25, -0.2) is 0 Å². The lowest BCUT2D eigenvalue weighted by Crippen LogP contribution is -2.25. The normalized spacial score (nSPS) is 32.3. The summed E-state index contributed by atoms with van der Waals surface area (Å²) in [5, 5.41) is 3.52. The van der Waals surface area contributed by atoms with Gasteiger partial charge in [0.15, 0.2) is 0 Å². The summed E-state index contributed by atoms with van der Waals surface area (Å²) in [6.45, 7) is 0. The second kappa shape index (κ2) is 4.67. The molecule has 0 radical (unpaired) electrons. The van der Waals surface area contributed by atoms with Gasteiger partial charge in [0.2, 0.25) is 0 Å². The highest BCUT2D eigenvalue weighted by atomic mass is 79.9. The van der Waals surface area contributed by atoms with Gasteiger partial charge in [-0.3, -0.25) is 0 Å². The Kier molecular flexibility index (Phi) is 3.35. The molecule has 1 aromatic rings. The number of fused-ring (bicyclic) bond motifs is 1. The van der Waals surface area contributed by atoms with E-state index in [1.54, 1.807) is 0 Å². The molecular weight excluding hydrogens is 342 g/mol. The lowest BCUT2D eigenvalue weighted by molar-refractivity contribution is 0.358. The summed E-state index contributed by atoms with van der Waals surface area (Å²) in [4.78, 5) is 0. The highest BCUT2D eigenvalue weighted by Gasteiger charge is 2.48. The van der Waals surface area contributed by atoms with Crippen LogP contribution in [0, 0.1) is 17.8 Å². The van der Waals surface area contributed by atoms with Crippen molar-refractivity contribution in [3.05, 3.63) is 32.7 Å². The maximum Gasteiger partial charge on any atom is 0.0358 e. The molecule has 0 aliphatic heterocycles. The van der Waals surface area contributed by atoms with Crippen molar-refractivity contribution in [2.75, 3.05) is 7.05 Å². The second-order valence-electron chi connectivity index (χ2n) is 5.42. The fourth-order valence-corrected chi connectivity index (χ4v) is 4.30. The van der Waals surface area contributed by atoms with Crippen LogP contribution in [0.5, 0.6) is 0 Å². The first-order chi connectivity index (χ1) is 8.19. The Morgan fingerprint density at radius 1 is 1.18 bits per heavy atom. The molecule has 2 aliphatic carbocycles. The van der Waals surface area contributed by atoms with Crippen LogP contribution in [0.1, 0.15) is 30.9 Å². The minimum Gasteiger partial charge on any atom is -0.313 e. The fraction of sp³-hybridized carbons (Fsp3) is 0.571. The van der Waals surface area contributed by atoms with Gasteiger partial charge >= 0.3 is 0 Å². The molecule has 0 amide bonds. The highest BCUT2D eigenvalue weighted by Crippen LogP contribution is 2.57. The van der Waals surface area contributed by atoms with Crippen LogP contribution in [-0.2, 0) is 0 Å². The van der Waals surface area contributed by atoms with Crippen LogP contribution in [-0.4, -0.2) is 7.05 Å². The van der Waals surface area contributed by atoms with E-state index in [2.05, 4.69) is 62.4 Å². The van der Waals surface area contributed by atoms with Crippen molar-refractivity contribution in [2.45, 2.75) is 25.3 Å². The summed E-state index contributed by atoms with van der Waals surface area (Å²) in [6.07, 6.45) is 4.32. The maximum absolute atomic E-state index is 3.68. The number of hydrogen-bond acceptors (Lipinski definition) is 1. The first kappa shape index (κ1) is 12.2. The molecule has 3 rings (SSSR count). The van der Waals surface area contributed by atoms with Crippen LogP contribution >= 0.6 is 31.9 Å². The van der Waals surface area contributed by atoms with Gasteiger partial charge in [0.25, 0.3) is 0 Å². The number of benzene rings is 1. The molecule has 2 aliphatic rings. The van der Waals surface area contributed by atoms with Crippen molar-refractivity contribution in [3.8, 4) is 0 Å². The molecule has 0 heterocycles. The number of halogens is 2. The van der Waals surface area contributed by atoms with Crippen molar-refractivity contribution in [3.63, 3.8) is 0 Å². The summed E-state index contributed by atoms with van der Waals surface area (Å²) < 4.78 is 2.39. The maximum atomic E-state index is 3.68. The van der Waals surface area contributed by atoms with Crippen molar-refractivity contribution in [2.24, 2.45) is 17.8 Å². The van der Waals surface area contributed by atoms with Gasteiger partial charge in [-0.2, -0.15) is 0 Å². The molecule has 1 aromatic carbocycles. The van der Waals surface area contributed by atoms with Crippen molar-refractivity contribution < 1.29 is 0 Å². The molecular formula is C14H17Br2N. The Labute approximate surface area is 120 Å². The van der Waals surface area contributed by atoms with E-state index in [0.717, 1.165) is 17.8 Å². The van der Waals surface area contributed by atoms with E-state index < -0.39 is 0 Å². The molecule has 3 heteroatoms. The van der Waals surface area contributed by atoms with E-state index in [4.69, 9.17) is 0 Å². The number of rotatable bonds is 3. The molecule has 2 fully saturated rings. The first-order valence-corrected chi connectivity index (χ1v) is 7.90. The summed E-state index contributed by atoms with van der Waals surface area (Å²) in [7, 11) is 2.09. The van der Waals surface area contributed by atoms with E-state index in [-0.39, 0.29) is 0 Å². The third kappa shape index (κ3) is 2.34. The lowest BCUT2D eigenvalue weighted by Gasteiger charge is -2.26. The summed E-state index contributed by atoms with van der Waals surface area (Å²) in [5.74, 6) is 2.90. The third-order valence-corrected chi connectivity index (χ3v) is 5.57. The van der Waals surface area contributed by atoms with E-state index in [1.807, 2.05) is 0 Å². The molecule has 2 saturated carbocycles. The van der Waals surface area contributed by atoms with Crippen molar-refractivity contribution in [1.82, 2.24) is 5.32 Å². The van der Waals surface area contributed by atoms with Gasteiger partial charge in [-0.1, -0.05) is 31.9 Å². The predicted octanol–water partition coefficient (Wildman–Crippen LogP) is 4.52. The van der Waals surface area contributed by atoms with Gasteiger partial charge in [0.1, 0.15) is 0 Å². The molecule has 0 saturated heterocycles. The van der Waals surface area contributed by atoms with Gasteiger partial charge in [0, 0.05) is 15.0 Å². The van der Waals surface area contributed by atoms with E-state index in [0.29, 0.717) is 6.04 Å². The van der Waals surface area contributed by atoms with Gasteiger partial charge in [-0.15, -0.1) is 0 Å². The van der Waals surface area contributed by atoms with Crippen LogP contribution in [0.25, 0.3) is 0 Å². The summed E-state index contributed by atoms with van der Waals surface area (Å²) in [5.41, 5.74) is 1.40. The molecule has 0 aromatic heterocycles. The van der Waals surface area contributed by atoms with Crippen molar-refractivity contribution in [1.29, 1.82) is 0 Å². The topological polar surface area (TPSA) is 12.0 Å². The molecule has 1 N–H and O–H groups in total. The first-order valence-electron chi connectivity index (χ1n) is 6.31. The Morgan fingerprint density at radius 2 is 1.88 bits per heavy atom. The summed E-state index contributed by atoms with van der Waals surface area (Å²) in [6, 6.07) is 6.97. The predicted molar refractivity (Wildman–Crippen MR) is 78.0 cm³/mol. The Bertz CT molecular complexity index is 422. The largest absolute Gasteiger partial charge is 0.313 e. The third-order valence-electron chi connectivity index (χ3n) is 4.36. The Balaban J connectivity index is 1.86.